The van der Waals surface area contributed by atoms with Crippen LogP contribution in [0.5, 0.6) is 0 Å². The van der Waals surface area contributed by atoms with Gasteiger partial charge in [0.25, 0.3) is 0 Å². The van der Waals surface area contributed by atoms with Crippen molar-refractivity contribution < 1.29 is 9.53 Å². The van der Waals surface area contributed by atoms with Crippen LogP contribution in [0, 0.1) is 0 Å². The van der Waals surface area contributed by atoms with Crippen molar-refractivity contribution >= 4 is 5.91 Å². The highest BCUT2D eigenvalue weighted by Crippen LogP contribution is 2.29. The van der Waals surface area contributed by atoms with Crippen LogP contribution < -0.4 is 10.6 Å². The highest BCUT2D eigenvalue weighted by atomic mass is 16.5. The van der Waals surface area contributed by atoms with Crippen LogP contribution in [0.3, 0.4) is 0 Å². The smallest absolute Gasteiger partial charge is 0.234 e. The first kappa shape index (κ1) is 12.8. The van der Waals surface area contributed by atoms with Gasteiger partial charge in [-0.3, -0.25) is 9.69 Å². The summed E-state index contributed by atoms with van der Waals surface area (Å²) in [5.41, 5.74) is 0. The van der Waals surface area contributed by atoms with Crippen molar-refractivity contribution in [2.45, 2.75) is 31.3 Å². The van der Waals surface area contributed by atoms with Crippen LogP contribution in [0.1, 0.15) is 19.3 Å². The number of amides is 1. The molecule has 1 aliphatic carbocycles. The van der Waals surface area contributed by atoms with E-state index in [-0.39, 0.29) is 5.91 Å². The third kappa shape index (κ3) is 4.26. The van der Waals surface area contributed by atoms with E-state index in [1.54, 1.807) is 7.11 Å². The van der Waals surface area contributed by atoms with E-state index >= 15 is 0 Å². The van der Waals surface area contributed by atoms with Crippen molar-refractivity contribution in [3.63, 3.8) is 0 Å². The molecule has 0 aromatic carbocycles. The fourth-order valence-corrected chi connectivity index (χ4v) is 2.33. The Morgan fingerprint density at radius 2 is 2.24 bits per heavy atom. The molecule has 2 aliphatic rings. The first-order valence-corrected chi connectivity index (χ1v) is 6.52. The minimum Gasteiger partial charge on any atom is -0.383 e. The normalized spacial score (nSPS) is 25.1. The SMILES string of the molecule is COCCNCC(=O)NC1CCN(C2CC2)C1. The number of carbonyl (C=O) groups is 1. The van der Waals surface area contributed by atoms with E-state index < -0.39 is 0 Å². The van der Waals surface area contributed by atoms with Gasteiger partial charge >= 0.3 is 0 Å². The van der Waals surface area contributed by atoms with Gasteiger partial charge in [-0.15, -0.1) is 0 Å². The van der Waals surface area contributed by atoms with Gasteiger partial charge < -0.3 is 15.4 Å². The Labute approximate surface area is 103 Å². The van der Waals surface area contributed by atoms with Crippen LogP contribution in [0.4, 0.5) is 0 Å². The lowest BCUT2D eigenvalue weighted by Crippen LogP contribution is -2.42. The van der Waals surface area contributed by atoms with Gasteiger partial charge in [0.15, 0.2) is 0 Å². The van der Waals surface area contributed by atoms with E-state index in [0.29, 0.717) is 19.2 Å². The summed E-state index contributed by atoms with van der Waals surface area (Å²) >= 11 is 0. The second-order valence-corrected chi connectivity index (χ2v) is 4.95. The lowest BCUT2D eigenvalue weighted by Gasteiger charge is -2.15. The maximum atomic E-state index is 11.6. The number of nitrogens with zero attached hydrogens (tertiary/aromatic N) is 1. The van der Waals surface area contributed by atoms with Crippen molar-refractivity contribution in [3.05, 3.63) is 0 Å². The molecule has 5 heteroatoms. The molecule has 17 heavy (non-hydrogen) atoms. The third-order valence-electron chi connectivity index (χ3n) is 3.42. The number of rotatable bonds is 7. The molecule has 0 aromatic heterocycles. The number of ether oxygens (including phenoxy) is 1. The Kier molecular flexibility index (Phi) is 4.76. The van der Waals surface area contributed by atoms with E-state index in [1.165, 1.54) is 12.8 Å². The monoisotopic (exact) mass is 241 g/mol. The highest BCUT2D eigenvalue weighted by Gasteiger charge is 2.34. The van der Waals surface area contributed by atoms with Crippen LogP contribution >= 0.6 is 0 Å². The molecule has 98 valence electrons. The maximum Gasteiger partial charge on any atom is 0.234 e. The average Bonchev–Trinajstić information content (AvgIpc) is 3.07. The van der Waals surface area contributed by atoms with Crippen LogP contribution in [0.2, 0.25) is 0 Å². The summed E-state index contributed by atoms with van der Waals surface area (Å²) in [6.07, 6.45) is 3.79. The van der Waals surface area contributed by atoms with E-state index in [0.717, 1.165) is 32.1 Å². The number of likely N-dealkylation sites (tertiary alicyclic amines) is 1. The predicted molar refractivity (Wildman–Crippen MR) is 65.9 cm³/mol. The van der Waals surface area contributed by atoms with Gasteiger partial charge in [0.2, 0.25) is 5.91 Å². The minimum atomic E-state index is 0.101. The van der Waals surface area contributed by atoms with E-state index in [9.17, 15) is 4.79 Å². The molecule has 1 heterocycles. The molecule has 0 aromatic rings. The molecule has 1 amide bonds. The van der Waals surface area contributed by atoms with Crippen LogP contribution in [0.25, 0.3) is 0 Å². The zero-order valence-electron chi connectivity index (χ0n) is 10.6. The van der Waals surface area contributed by atoms with Crippen molar-refractivity contribution in [1.82, 2.24) is 15.5 Å². The quantitative estimate of drug-likeness (QED) is 0.594. The van der Waals surface area contributed by atoms with Crippen molar-refractivity contribution in [3.8, 4) is 0 Å². The third-order valence-corrected chi connectivity index (χ3v) is 3.42. The zero-order chi connectivity index (χ0) is 12.1. The van der Waals surface area contributed by atoms with E-state index in [1.807, 2.05) is 0 Å². The Bertz CT molecular complexity index is 256. The van der Waals surface area contributed by atoms with Crippen LogP contribution in [0.15, 0.2) is 0 Å². The number of hydrogen-bond donors (Lipinski definition) is 2. The number of nitrogens with one attached hydrogen (secondary N) is 2. The molecule has 1 saturated heterocycles. The molecular weight excluding hydrogens is 218 g/mol. The Hall–Kier alpha value is -0.650. The van der Waals surface area contributed by atoms with Gasteiger partial charge in [0.05, 0.1) is 13.2 Å². The molecule has 5 nitrogen and oxygen atoms in total. The van der Waals surface area contributed by atoms with Gasteiger partial charge in [0.1, 0.15) is 0 Å². The second-order valence-electron chi connectivity index (χ2n) is 4.95. The Morgan fingerprint density at radius 1 is 1.41 bits per heavy atom. The van der Waals surface area contributed by atoms with Gasteiger partial charge in [-0.05, 0) is 19.3 Å². The second kappa shape index (κ2) is 6.33. The maximum absolute atomic E-state index is 11.6. The van der Waals surface area contributed by atoms with Gasteiger partial charge in [-0.2, -0.15) is 0 Å². The summed E-state index contributed by atoms with van der Waals surface area (Å²) in [5.74, 6) is 0.101. The molecule has 2 rings (SSSR count). The van der Waals surface area contributed by atoms with Crippen LogP contribution in [-0.2, 0) is 9.53 Å². The van der Waals surface area contributed by atoms with Gasteiger partial charge in [-0.1, -0.05) is 0 Å². The molecule has 2 fully saturated rings. The fraction of sp³-hybridized carbons (Fsp3) is 0.917. The molecule has 1 saturated carbocycles. The molecule has 1 unspecified atom stereocenters. The number of methoxy groups -OCH3 is 1. The summed E-state index contributed by atoms with van der Waals surface area (Å²) in [5, 5.41) is 6.14. The summed E-state index contributed by atoms with van der Waals surface area (Å²) in [7, 11) is 1.66. The largest absolute Gasteiger partial charge is 0.383 e. The molecule has 2 N–H and O–H groups in total. The first-order valence-electron chi connectivity index (χ1n) is 6.52. The summed E-state index contributed by atoms with van der Waals surface area (Å²) < 4.78 is 4.90. The lowest BCUT2D eigenvalue weighted by atomic mass is 10.2. The molecule has 0 radical (unpaired) electrons. The van der Waals surface area contributed by atoms with Crippen molar-refractivity contribution in [2.24, 2.45) is 0 Å². The topological polar surface area (TPSA) is 53.6 Å². The van der Waals surface area contributed by atoms with Crippen LogP contribution in [-0.4, -0.2) is 62.8 Å². The first-order chi connectivity index (χ1) is 8.29. The molecule has 0 bridgehead atoms. The number of carbonyl (C=O) groups excluding carboxylic acids is 1. The summed E-state index contributed by atoms with van der Waals surface area (Å²) in [6, 6.07) is 1.17. The van der Waals surface area contributed by atoms with Crippen molar-refractivity contribution in [2.75, 3.05) is 39.9 Å². The predicted octanol–water partition coefficient (Wildman–Crippen LogP) is -0.425. The molecule has 0 spiro atoms. The van der Waals surface area contributed by atoms with Crippen molar-refractivity contribution in [1.29, 1.82) is 0 Å². The molecule has 1 aliphatic heterocycles. The Balaban J connectivity index is 1.55. The summed E-state index contributed by atoms with van der Waals surface area (Å²) in [4.78, 5) is 14.1. The average molecular weight is 241 g/mol. The molecule has 1 atom stereocenters. The van der Waals surface area contributed by atoms with E-state index in [2.05, 4.69) is 15.5 Å². The van der Waals surface area contributed by atoms with Gasteiger partial charge in [-0.25, -0.2) is 0 Å². The number of hydrogen-bond acceptors (Lipinski definition) is 4. The highest BCUT2D eigenvalue weighted by molar-refractivity contribution is 5.78. The summed E-state index contributed by atoms with van der Waals surface area (Å²) in [6.45, 7) is 3.94. The van der Waals surface area contributed by atoms with E-state index in [4.69, 9.17) is 4.74 Å². The van der Waals surface area contributed by atoms with Gasteiger partial charge in [0, 0.05) is 38.8 Å². The zero-order valence-corrected chi connectivity index (χ0v) is 10.6. The Morgan fingerprint density at radius 3 is 2.94 bits per heavy atom. The standard InChI is InChI=1S/C12H23N3O2/c1-17-7-5-13-8-12(16)14-10-4-6-15(9-10)11-2-3-11/h10-11,13H,2-9H2,1H3,(H,14,16). The fourth-order valence-electron chi connectivity index (χ4n) is 2.33. The minimum absolute atomic E-state index is 0.101. The lowest BCUT2D eigenvalue weighted by molar-refractivity contribution is -0.120. The molecular formula is C12H23N3O2.